The van der Waals surface area contributed by atoms with E-state index in [2.05, 4.69) is 15.0 Å². The van der Waals surface area contributed by atoms with Gasteiger partial charge in [-0.1, -0.05) is 11.3 Å². The Labute approximate surface area is 128 Å². The van der Waals surface area contributed by atoms with Gasteiger partial charge in [0.2, 0.25) is 0 Å². The van der Waals surface area contributed by atoms with Crippen molar-refractivity contribution >= 4 is 32.9 Å². The molecule has 1 atom stereocenters. The van der Waals surface area contributed by atoms with Crippen LogP contribution in [-0.4, -0.2) is 30.7 Å². The van der Waals surface area contributed by atoms with Crippen LogP contribution in [0.3, 0.4) is 0 Å². The van der Waals surface area contributed by atoms with Crippen LogP contribution in [0.2, 0.25) is 0 Å². The Balaban J connectivity index is 1.93. The van der Waals surface area contributed by atoms with E-state index in [4.69, 9.17) is 4.98 Å². The summed E-state index contributed by atoms with van der Waals surface area (Å²) < 4.78 is 13.3. The third-order valence-electron chi connectivity index (χ3n) is 3.39. The topological polar surface area (TPSA) is 74.6 Å². The monoisotopic (exact) mass is 316 g/mol. The highest BCUT2D eigenvalue weighted by Gasteiger charge is 2.30. The van der Waals surface area contributed by atoms with Crippen molar-refractivity contribution in [3.63, 3.8) is 0 Å². The SMILES string of the molecule is C[S+]([O-])c1nc2nc(-c3cccnc3)nc(C3CC3)c2s1. The second-order valence-electron chi connectivity index (χ2n) is 5.04. The lowest BCUT2D eigenvalue weighted by molar-refractivity contribution is 0.600. The zero-order valence-corrected chi connectivity index (χ0v) is 12.9. The van der Waals surface area contributed by atoms with Gasteiger partial charge < -0.3 is 4.55 Å². The van der Waals surface area contributed by atoms with Crippen LogP contribution >= 0.6 is 11.3 Å². The van der Waals surface area contributed by atoms with Crippen LogP contribution in [0.5, 0.6) is 0 Å². The summed E-state index contributed by atoms with van der Waals surface area (Å²) >= 11 is 0.366. The molecule has 1 saturated carbocycles. The Morgan fingerprint density at radius 3 is 2.81 bits per heavy atom. The van der Waals surface area contributed by atoms with Crippen LogP contribution in [0.4, 0.5) is 0 Å². The van der Waals surface area contributed by atoms with Gasteiger partial charge >= 0.3 is 4.34 Å². The van der Waals surface area contributed by atoms with E-state index < -0.39 is 11.2 Å². The molecule has 3 aromatic rings. The fourth-order valence-electron chi connectivity index (χ4n) is 2.21. The van der Waals surface area contributed by atoms with E-state index in [0.29, 0.717) is 21.7 Å². The average Bonchev–Trinajstić information content (AvgIpc) is 3.25. The third kappa shape index (κ3) is 2.41. The van der Waals surface area contributed by atoms with Gasteiger partial charge in [-0.2, -0.15) is 4.98 Å². The van der Waals surface area contributed by atoms with Gasteiger partial charge in [-0.15, -0.1) is 0 Å². The first-order chi connectivity index (χ1) is 10.2. The van der Waals surface area contributed by atoms with Crippen LogP contribution < -0.4 is 0 Å². The summed E-state index contributed by atoms with van der Waals surface area (Å²) in [5.41, 5.74) is 2.59. The molecule has 3 heterocycles. The molecule has 0 amide bonds. The fourth-order valence-corrected chi connectivity index (χ4v) is 3.95. The molecule has 106 valence electrons. The molecule has 5 nitrogen and oxygen atoms in total. The molecular formula is C14H12N4OS2. The summed E-state index contributed by atoms with van der Waals surface area (Å²) in [7, 11) is 0. The van der Waals surface area contributed by atoms with E-state index in [1.807, 2.05) is 12.1 Å². The Hall–Kier alpha value is -1.57. The molecule has 21 heavy (non-hydrogen) atoms. The number of hydrogen-bond acceptors (Lipinski definition) is 6. The highest BCUT2D eigenvalue weighted by atomic mass is 32.2. The maximum Gasteiger partial charge on any atom is 0.303 e. The summed E-state index contributed by atoms with van der Waals surface area (Å²) in [4.78, 5) is 17.8. The molecule has 3 aromatic heterocycles. The Morgan fingerprint density at radius 1 is 1.29 bits per heavy atom. The first-order valence-corrected chi connectivity index (χ1v) is 9.02. The highest BCUT2D eigenvalue weighted by molar-refractivity contribution is 7.92. The molecule has 0 aliphatic heterocycles. The van der Waals surface area contributed by atoms with Crippen molar-refractivity contribution in [2.75, 3.05) is 6.26 Å². The number of aromatic nitrogens is 4. The Morgan fingerprint density at radius 2 is 2.14 bits per heavy atom. The average molecular weight is 316 g/mol. The number of rotatable bonds is 3. The quantitative estimate of drug-likeness (QED) is 0.695. The van der Waals surface area contributed by atoms with Gasteiger partial charge in [0.05, 0.1) is 5.69 Å². The number of nitrogens with zero attached hydrogens (tertiary/aromatic N) is 4. The van der Waals surface area contributed by atoms with Crippen molar-refractivity contribution in [2.45, 2.75) is 23.1 Å². The lowest BCUT2D eigenvalue weighted by Gasteiger charge is -2.03. The standard InChI is InChI=1S/C14H12N4OS2/c1-21(19)14-18-13-11(20-14)10(8-4-5-8)16-12(17-13)9-3-2-6-15-7-9/h2-3,6-8H,4-5H2,1H3. The Kier molecular flexibility index (Phi) is 3.13. The molecular weight excluding hydrogens is 304 g/mol. The van der Waals surface area contributed by atoms with Crippen LogP contribution in [0.1, 0.15) is 24.5 Å². The van der Waals surface area contributed by atoms with Gasteiger partial charge in [0.25, 0.3) is 0 Å². The predicted molar refractivity (Wildman–Crippen MR) is 82.7 cm³/mol. The second kappa shape index (κ2) is 5.01. The predicted octanol–water partition coefficient (Wildman–Crippen LogP) is 2.76. The lowest BCUT2D eigenvalue weighted by Crippen LogP contribution is -1.97. The van der Waals surface area contributed by atoms with Gasteiger partial charge in [0, 0.05) is 35.1 Å². The first-order valence-electron chi connectivity index (χ1n) is 6.64. The molecule has 0 spiro atoms. The van der Waals surface area contributed by atoms with Gasteiger partial charge in [0.15, 0.2) is 11.5 Å². The summed E-state index contributed by atoms with van der Waals surface area (Å²) in [6, 6.07) is 3.81. The van der Waals surface area contributed by atoms with E-state index in [1.165, 1.54) is 11.3 Å². The number of pyridine rings is 1. The zero-order valence-electron chi connectivity index (χ0n) is 11.3. The van der Waals surface area contributed by atoms with Gasteiger partial charge in [-0.25, -0.2) is 9.97 Å². The molecule has 1 aliphatic rings. The molecule has 0 N–H and O–H groups in total. The second-order valence-corrected chi connectivity index (χ2v) is 7.59. The van der Waals surface area contributed by atoms with Crippen molar-refractivity contribution in [3.8, 4) is 11.4 Å². The van der Waals surface area contributed by atoms with E-state index in [0.717, 1.165) is 28.8 Å². The normalized spacial score (nSPS) is 16.3. The van der Waals surface area contributed by atoms with Gasteiger partial charge in [-0.05, 0) is 25.0 Å². The van der Waals surface area contributed by atoms with Crippen molar-refractivity contribution in [3.05, 3.63) is 30.2 Å². The van der Waals surface area contributed by atoms with Crippen LogP contribution in [0.15, 0.2) is 28.9 Å². The van der Waals surface area contributed by atoms with E-state index >= 15 is 0 Å². The first kappa shape index (κ1) is 13.1. The Bertz CT molecular complexity index is 799. The van der Waals surface area contributed by atoms with E-state index in [1.54, 1.807) is 18.6 Å². The molecule has 0 bridgehead atoms. The fraction of sp³-hybridized carbons (Fsp3) is 0.286. The minimum absolute atomic E-state index is 0.490. The van der Waals surface area contributed by atoms with E-state index in [9.17, 15) is 4.55 Å². The van der Waals surface area contributed by atoms with Crippen molar-refractivity contribution in [1.29, 1.82) is 0 Å². The molecule has 1 aliphatic carbocycles. The smallest absolute Gasteiger partial charge is 0.303 e. The van der Waals surface area contributed by atoms with Crippen molar-refractivity contribution in [1.82, 2.24) is 19.9 Å². The third-order valence-corrected chi connectivity index (χ3v) is 5.79. The van der Waals surface area contributed by atoms with Crippen molar-refractivity contribution in [2.24, 2.45) is 0 Å². The highest BCUT2D eigenvalue weighted by Crippen LogP contribution is 2.44. The number of fused-ring (bicyclic) bond motifs is 1. The number of hydrogen-bond donors (Lipinski definition) is 0. The maximum atomic E-state index is 11.7. The van der Waals surface area contributed by atoms with Crippen LogP contribution in [0, 0.1) is 0 Å². The van der Waals surface area contributed by atoms with Crippen LogP contribution in [-0.2, 0) is 11.2 Å². The zero-order chi connectivity index (χ0) is 14.4. The summed E-state index contributed by atoms with van der Waals surface area (Å²) in [6.07, 6.45) is 7.43. The van der Waals surface area contributed by atoms with Gasteiger partial charge in [-0.3, -0.25) is 4.98 Å². The molecule has 0 aromatic carbocycles. The summed E-state index contributed by atoms with van der Waals surface area (Å²) in [5, 5.41) is 0. The maximum absolute atomic E-state index is 11.7. The molecule has 0 saturated heterocycles. The molecule has 7 heteroatoms. The minimum Gasteiger partial charge on any atom is -0.610 e. The number of thiazole rings is 1. The van der Waals surface area contributed by atoms with Crippen LogP contribution in [0.25, 0.3) is 21.7 Å². The van der Waals surface area contributed by atoms with Crippen molar-refractivity contribution < 1.29 is 4.55 Å². The van der Waals surface area contributed by atoms with E-state index in [-0.39, 0.29) is 0 Å². The largest absolute Gasteiger partial charge is 0.610 e. The molecule has 4 rings (SSSR count). The molecule has 0 radical (unpaired) electrons. The molecule has 1 fully saturated rings. The minimum atomic E-state index is -1.09. The lowest BCUT2D eigenvalue weighted by atomic mass is 10.2. The summed E-state index contributed by atoms with van der Waals surface area (Å²) in [5.74, 6) is 1.14. The van der Waals surface area contributed by atoms with Gasteiger partial charge in [0.1, 0.15) is 11.0 Å². The summed E-state index contributed by atoms with van der Waals surface area (Å²) in [6.45, 7) is 0. The molecule has 1 unspecified atom stereocenters.